The Kier molecular flexibility index (Phi) is 5.50. The van der Waals surface area contributed by atoms with Gasteiger partial charge in [-0.1, -0.05) is 31.2 Å². The number of hydrazone groups is 1. The zero-order valence-electron chi connectivity index (χ0n) is 18.1. The zero-order chi connectivity index (χ0) is 21.3. The summed E-state index contributed by atoms with van der Waals surface area (Å²) in [6.45, 7) is 7.54. The minimum atomic E-state index is -0.109. The van der Waals surface area contributed by atoms with Crippen LogP contribution in [0.5, 0.6) is 0 Å². The summed E-state index contributed by atoms with van der Waals surface area (Å²) in [7, 11) is 0. The zero-order valence-corrected chi connectivity index (χ0v) is 18.1. The number of carbonyl (C=O) groups excluding carboxylic acids is 1. The molecule has 6 nitrogen and oxygen atoms in total. The van der Waals surface area contributed by atoms with Crippen molar-refractivity contribution in [2.75, 3.05) is 37.7 Å². The average Bonchev–Trinajstić information content (AvgIpc) is 3.52. The highest BCUT2D eigenvalue weighted by atomic mass is 16.5. The van der Waals surface area contributed by atoms with Crippen molar-refractivity contribution in [1.29, 1.82) is 0 Å². The van der Waals surface area contributed by atoms with Crippen molar-refractivity contribution in [2.45, 2.75) is 31.7 Å². The molecule has 5 rings (SSSR count). The molecular formula is C25H30N4O2. The van der Waals surface area contributed by atoms with E-state index in [2.05, 4.69) is 70.1 Å². The van der Waals surface area contributed by atoms with Crippen LogP contribution in [0.2, 0.25) is 0 Å². The number of nitrogens with one attached hydrogen (secondary N) is 2. The summed E-state index contributed by atoms with van der Waals surface area (Å²) in [6.07, 6.45) is 3.64. The predicted octanol–water partition coefficient (Wildman–Crippen LogP) is 2.60. The number of morpholine rings is 1. The molecule has 1 saturated carbocycles. The van der Waals surface area contributed by atoms with E-state index in [0.29, 0.717) is 0 Å². The molecule has 2 heterocycles. The Balaban J connectivity index is 1.18. The van der Waals surface area contributed by atoms with Crippen LogP contribution in [0.3, 0.4) is 0 Å². The van der Waals surface area contributed by atoms with E-state index < -0.39 is 0 Å². The molecule has 6 heteroatoms. The van der Waals surface area contributed by atoms with Crippen LogP contribution >= 0.6 is 0 Å². The number of benzene rings is 2. The molecule has 1 amide bonds. The monoisotopic (exact) mass is 418 g/mol. The molecule has 2 atom stereocenters. The van der Waals surface area contributed by atoms with Crippen LogP contribution in [-0.2, 0) is 27.9 Å². The van der Waals surface area contributed by atoms with Crippen LogP contribution in [-0.4, -0.2) is 45.0 Å². The van der Waals surface area contributed by atoms with Gasteiger partial charge in [0.2, 0.25) is 5.91 Å². The van der Waals surface area contributed by atoms with Crippen LogP contribution in [0, 0.1) is 5.92 Å². The van der Waals surface area contributed by atoms with Gasteiger partial charge in [0, 0.05) is 30.7 Å². The molecule has 0 bridgehead atoms. The number of nitrogens with zero attached hydrogens (tertiary/aromatic N) is 2. The van der Waals surface area contributed by atoms with Crippen molar-refractivity contribution in [3.05, 3.63) is 64.7 Å². The van der Waals surface area contributed by atoms with Crippen LogP contribution in [0.25, 0.3) is 0 Å². The summed E-state index contributed by atoms with van der Waals surface area (Å²) in [5, 5.41) is 7.61. The molecule has 0 radical (unpaired) electrons. The summed E-state index contributed by atoms with van der Waals surface area (Å²) < 4.78 is 5.43. The van der Waals surface area contributed by atoms with Crippen molar-refractivity contribution >= 4 is 17.8 Å². The number of fused-ring (bicyclic) bond motifs is 1. The molecule has 2 aliphatic heterocycles. The summed E-state index contributed by atoms with van der Waals surface area (Å²) >= 11 is 0. The fourth-order valence-corrected chi connectivity index (χ4v) is 4.77. The second kappa shape index (κ2) is 8.44. The van der Waals surface area contributed by atoms with Crippen molar-refractivity contribution in [3.8, 4) is 0 Å². The van der Waals surface area contributed by atoms with E-state index >= 15 is 0 Å². The summed E-state index contributed by atoms with van der Waals surface area (Å²) in [5.74, 6) is -0.0355. The van der Waals surface area contributed by atoms with Crippen molar-refractivity contribution in [3.63, 3.8) is 0 Å². The SMILES string of the molecule is CC1(c2ccc(N3CCOCC3)cc2)CC1C(=O)N/N=C/c1ccc2c(c1)CCNC2. The predicted molar refractivity (Wildman–Crippen MR) is 123 cm³/mol. The van der Waals surface area contributed by atoms with Gasteiger partial charge in [0.25, 0.3) is 0 Å². The number of rotatable bonds is 5. The lowest BCUT2D eigenvalue weighted by atomic mass is 9.95. The molecule has 162 valence electrons. The topological polar surface area (TPSA) is 66.0 Å². The highest BCUT2D eigenvalue weighted by Gasteiger charge is 2.55. The van der Waals surface area contributed by atoms with Gasteiger partial charge < -0.3 is 15.0 Å². The van der Waals surface area contributed by atoms with E-state index in [0.717, 1.165) is 57.8 Å². The van der Waals surface area contributed by atoms with Gasteiger partial charge in [-0.05, 0) is 59.8 Å². The molecule has 2 aromatic carbocycles. The first-order valence-electron chi connectivity index (χ1n) is 11.2. The van der Waals surface area contributed by atoms with Crippen LogP contribution in [0.15, 0.2) is 47.6 Å². The molecule has 2 unspecified atom stereocenters. The van der Waals surface area contributed by atoms with Crippen molar-refractivity contribution in [1.82, 2.24) is 10.7 Å². The van der Waals surface area contributed by atoms with E-state index in [9.17, 15) is 4.79 Å². The van der Waals surface area contributed by atoms with Gasteiger partial charge in [0.1, 0.15) is 0 Å². The number of ether oxygens (including phenoxy) is 1. The van der Waals surface area contributed by atoms with E-state index in [-0.39, 0.29) is 17.2 Å². The highest BCUT2D eigenvalue weighted by Crippen LogP contribution is 2.54. The van der Waals surface area contributed by atoms with Gasteiger partial charge in [0.15, 0.2) is 0 Å². The Labute approximate surface area is 183 Å². The third kappa shape index (κ3) is 4.23. The number of anilines is 1. The van der Waals surface area contributed by atoms with Crippen LogP contribution < -0.4 is 15.6 Å². The van der Waals surface area contributed by atoms with Gasteiger partial charge in [-0.3, -0.25) is 4.79 Å². The van der Waals surface area contributed by atoms with E-state index in [1.54, 1.807) is 6.21 Å². The molecule has 2 N–H and O–H groups in total. The second-order valence-electron chi connectivity index (χ2n) is 9.01. The maximum Gasteiger partial charge on any atom is 0.244 e. The standard InChI is InChI=1S/C25H30N4O2/c1-25(21-4-6-22(7-5-21)29-10-12-31-13-11-29)15-23(25)24(30)28-27-16-18-2-3-20-17-26-9-8-19(20)14-18/h2-7,14,16,23,26H,8-13,15,17H2,1H3,(H,28,30)/b27-16+. The Bertz CT molecular complexity index is 982. The number of hydrogen-bond donors (Lipinski definition) is 2. The molecule has 3 aliphatic rings. The number of carbonyl (C=O) groups is 1. The first-order chi connectivity index (χ1) is 15.1. The first kappa shape index (κ1) is 20.2. The molecule has 2 fully saturated rings. The van der Waals surface area contributed by atoms with Gasteiger partial charge in [0.05, 0.1) is 25.3 Å². The van der Waals surface area contributed by atoms with E-state index in [4.69, 9.17) is 4.74 Å². The van der Waals surface area contributed by atoms with Crippen molar-refractivity contribution in [2.24, 2.45) is 11.0 Å². The lowest BCUT2D eigenvalue weighted by molar-refractivity contribution is -0.122. The minimum absolute atomic E-state index is 0.00170. The van der Waals surface area contributed by atoms with Crippen LogP contribution in [0.4, 0.5) is 5.69 Å². The summed E-state index contributed by atoms with van der Waals surface area (Å²) in [4.78, 5) is 15.0. The maximum atomic E-state index is 12.7. The Hall–Kier alpha value is -2.70. The van der Waals surface area contributed by atoms with Gasteiger partial charge >= 0.3 is 0 Å². The largest absolute Gasteiger partial charge is 0.378 e. The molecule has 1 aliphatic carbocycles. The normalized spacial score (nSPS) is 25.3. The maximum absolute atomic E-state index is 12.7. The molecular weight excluding hydrogens is 388 g/mol. The summed E-state index contributed by atoms with van der Waals surface area (Å²) in [6, 6.07) is 15.0. The smallest absolute Gasteiger partial charge is 0.244 e. The lowest BCUT2D eigenvalue weighted by Crippen LogP contribution is -2.36. The Morgan fingerprint density at radius 3 is 2.81 bits per heavy atom. The Morgan fingerprint density at radius 1 is 1.19 bits per heavy atom. The third-order valence-corrected chi connectivity index (χ3v) is 6.96. The van der Waals surface area contributed by atoms with Gasteiger partial charge in [-0.15, -0.1) is 0 Å². The van der Waals surface area contributed by atoms with Gasteiger partial charge in [-0.25, -0.2) is 5.43 Å². The van der Waals surface area contributed by atoms with E-state index in [1.807, 2.05) is 0 Å². The van der Waals surface area contributed by atoms with Gasteiger partial charge in [-0.2, -0.15) is 5.10 Å². The highest BCUT2D eigenvalue weighted by molar-refractivity contribution is 5.86. The average molecular weight is 419 g/mol. The van der Waals surface area contributed by atoms with Crippen molar-refractivity contribution < 1.29 is 9.53 Å². The van der Waals surface area contributed by atoms with E-state index in [1.165, 1.54) is 22.4 Å². The molecule has 1 saturated heterocycles. The Morgan fingerprint density at radius 2 is 2.00 bits per heavy atom. The molecule has 31 heavy (non-hydrogen) atoms. The summed E-state index contributed by atoms with van der Waals surface area (Å²) in [5.41, 5.74) is 8.83. The number of hydrogen-bond acceptors (Lipinski definition) is 5. The number of amides is 1. The first-order valence-corrected chi connectivity index (χ1v) is 11.2. The molecule has 2 aromatic rings. The fourth-order valence-electron chi connectivity index (χ4n) is 4.77. The molecule has 0 spiro atoms. The third-order valence-electron chi connectivity index (χ3n) is 6.96. The quantitative estimate of drug-likeness (QED) is 0.579. The van der Waals surface area contributed by atoms with Crippen LogP contribution in [0.1, 0.15) is 35.6 Å². The minimum Gasteiger partial charge on any atom is -0.378 e. The molecule has 0 aromatic heterocycles. The second-order valence-corrected chi connectivity index (χ2v) is 9.01. The lowest BCUT2D eigenvalue weighted by Gasteiger charge is -2.29. The fraction of sp³-hybridized carbons (Fsp3) is 0.440.